The molecule has 2 unspecified atom stereocenters. The van der Waals surface area contributed by atoms with Crippen molar-refractivity contribution >= 4 is 11.6 Å². The van der Waals surface area contributed by atoms with E-state index in [-0.39, 0.29) is 17.6 Å². The number of likely N-dealkylation sites (tertiary alicyclic amines) is 1. The van der Waals surface area contributed by atoms with Crippen LogP contribution in [0.1, 0.15) is 37.1 Å². The van der Waals surface area contributed by atoms with Crippen molar-refractivity contribution in [3.63, 3.8) is 0 Å². The van der Waals surface area contributed by atoms with Crippen LogP contribution in [0, 0.1) is 18.6 Å². The van der Waals surface area contributed by atoms with Gasteiger partial charge in [-0.2, -0.15) is 4.98 Å². The Morgan fingerprint density at radius 1 is 1.23 bits per heavy atom. The number of rotatable bonds is 5. The van der Waals surface area contributed by atoms with Crippen molar-refractivity contribution in [1.29, 1.82) is 0 Å². The molecular formula is C23H24F2N4O2. The van der Waals surface area contributed by atoms with E-state index in [0.717, 1.165) is 24.9 Å². The van der Waals surface area contributed by atoms with E-state index in [4.69, 9.17) is 4.52 Å². The SMILES string of the molecule is Cc1ccc(F)cc1NC(=O)C(C)N1CCCC(c2nc(-c3cccc(F)c3)no2)C1. The average molecular weight is 426 g/mol. The lowest BCUT2D eigenvalue weighted by atomic mass is 9.96. The third kappa shape index (κ3) is 4.80. The van der Waals surface area contributed by atoms with E-state index in [1.807, 2.05) is 13.8 Å². The summed E-state index contributed by atoms with van der Waals surface area (Å²) in [6, 6.07) is 9.98. The molecule has 1 aromatic heterocycles. The van der Waals surface area contributed by atoms with Crippen molar-refractivity contribution in [1.82, 2.24) is 15.0 Å². The van der Waals surface area contributed by atoms with Gasteiger partial charge in [0.15, 0.2) is 0 Å². The van der Waals surface area contributed by atoms with E-state index >= 15 is 0 Å². The number of benzene rings is 2. The predicted octanol–water partition coefficient (Wildman–Crippen LogP) is 4.53. The molecule has 1 N–H and O–H groups in total. The Kier molecular flexibility index (Phi) is 6.08. The van der Waals surface area contributed by atoms with Crippen LogP contribution >= 0.6 is 0 Å². The Morgan fingerprint density at radius 3 is 2.84 bits per heavy atom. The number of aromatic nitrogens is 2. The maximum atomic E-state index is 13.5. The topological polar surface area (TPSA) is 71.3 Å². The van der Waals surface area contributed by atoms with E-state index in [1.54, 1.807) is 18.2 Å². The molecule has 2 aromatic carbocycles. The van der Waals surface area contributed by atoms with Gasteiger partial charge in [-0.3, -0.25) is 9.69 Å². The van der Waals surface area contributed by atoms with Crippen molar-refractivity contribution < 1.29 is 18.1 Å². The normalized spacial score (nSPS) is 18.0. The summed E-state index contributed by atoms with van der Waals surface area (Å²) in [6.45, 7) is 5.00. The van der Waals surface area contributed by atoms with Gasteiger partial charge in [-0.1, -0.05) is 23.4 Å². The molecule has 3 aromatic rings. The zero-order valence-corrected chi connectivity index (χ0v) is 17.4. The fraction of sp³-hybridized carbons (Fsp3) is 0.348. The molecule has 0 aliphatic carbocycles. The summed E-state index contributed by atoms with van der Waals surface area (Å²) >= 11 is 0. The summed E-state index contributed by atoms with van der Waals surface area (Å²) in [6.07, 6.45) is 1.73. The van der Waals surface area contributed by atoms with Crippen LogP contribution in [-0.4, -0.2) is 40.1 Å². The molecule has 1 aliphatic heterocycles. The van der Waals surface area contributed by atoms with Gasteiger partial charge in [-0.05, 0) is 63.1 Å². The van der Waals surface area contributed by atoms with Gasteiger partial charge < -0.3 is 9.84 Å². The van der Waals surface area contributed by atoms with Crippen LogP contribution in [0.25, 0.3) is 11.4 Å². The van der Waals surface area contributed by atoms with Crippen molar-refractivity contribution in [2.24, 2.45) is 0 Å². The van der Waals surface area contributed by atoms with Crippen molar-refractivity contribution in [2.75, 3.05) is 18.4 Å². The second kappa shape index (κ2) is 8.93. The van der Waals surface area contributed by atoms with E-state index < -0.39 is 11.9 Å². The molecule has 1 saturated heterocycles. The van der Waals surface area contributed by atoms with E-state index in [1.165, 1.54) is 24.3 Å². The van der Waals surface area contributed by atoms with Crippen LogP contribution in [-0.2, 0) is 4.79 Å². The highest BCUT2D eigenvalue weighted by atomic mass is 19.1. The molecule has 0 spiro atoms. The molecule has 6 nitrogen and oxygen atoms in total. The quantitative estimate of drug-likeness (QED) is 0.649. The van der Waals surface area contributed by atoms with Gasteiger partial charge in [0.25, 0.3) is 0 Å². The van der Waals surface area contributed by atoms with Gasteiger partial charge in [0.2, 0.25) is 17.6 Å². The van der Waals surface area contributed by atoms with Crippen LogP contribution in [0.4, 0.5) is 14.5 Å². The lowest BCUT2D eigenvalue weighted by Crippen LogP contribution is -2.46. The number of carbonyl (C=O) groups is 1. The van der Waals surface area contributed by atoms with Crippen LogP contribution < -0.4 is 5.32 Å². The maximum absolute atomic E-state index is 13.5. The Balaban J connectivity index is 1.43. The average Bonchev–Trinajstić information content (AvgIpc) is 3.26. The number of anilines is 1. The fourth-order valence-electron chi connectivity index (χ4n) is 3.84. The van der Waals surface area contributed by atoms with Crippen molar-refractivity contribution in [3.05, 3.63) is 65.6 Å². The summed E-state index contributed by atoms with van der Waals surface area (Å²) < 4.78 is 32.5. The second-order valence-corrected chi connectivity index (χ2v) is 7.93. The third-order valence-corrected chi connectivity index (χ3v) is 5.71. The fourth-order valence-corrected chi connectivity index (χ4v) is 3.84. The molecule has 8 heteroatoms. The largest absolute Gasteiger partial charge is 0.339 e. The zero-order valence-electron chi connectivity index (χ0n) is 17.4. The predicted molar refractivity (Wildman–Crippen MR) is 112 cm³/mol. The number of hydrogen-bond acceptors (Lipinski definition) is 5. The summed E-state index contributed by atoms with van der Waals surface area (Å²) in [4.78, 5) is 19.3. The van der Waals surface area contributed by atoms with E-state index in [2.05, 4.69) is 20.4 Å². The second-order valence-electron chi connectivity index (χ2n) is 7.93. The Bertz CT molecular complexity index is 1080. The van der Waals surface area contributed by atoms with Crippen LogP contribution in [0.2, 0.25) is 0 Å². The van der Waals surface area contributed by atoms with Crippen molar-refractivity contribution in [3.8, 4) is 11.4 Å². The molecule has 0 saturated carbocycles. The van der Waals surface area contributed by atoms with Gasteiger partial charge in [0.1, 0.15) is 11.6 Å². The maximum Gasteiger partial charge on any atom is 0.241 e. The minimum absolute atomic E-state index is 0.0188. The Labute approximate surface area is 179 Å². The number of hydrogen-bond donors (Lipinski definition) is 1. The number of amides is 1. The molecule has 4 rings (SSSR count). The molecule has 162 valence electrons. The number of nitrogens with one attached hydrogen (secondary N) is 1. The first kappa shape index (κ1) is 21.1. The summed E-state index contributed by atoms with van der Waals surface area (Å²) in [5.74, 6) is -0.135. The number of piperidine rings is 1. The zero-order chi connectivity index (χ0) is 22.0. The molecular weight excluding hydrogens is 402 g/mol. The number of aryl methyl sites for hydroxylation is 1. The van der Waals surface area contributed by atoms with E-state index in [0.29, 0.717) is 29.5 Å². The summed E-state index contributed by atoms with van der Waals surface area (Å²) in [5, 5.41) is 6.82. The van der Waals surface area contributed by atoms with Gasteiger partial charge in [0.05, 0.1) is 12.0 Å². The monoisotopic (exact) mass is 426 g/mol. The van der Waals surface area contributed by atoms with Crippen LogP contribution in [0.3, 0.4) is 0 Å². The lowest BCUT2D eigenvalue weighted by molar-refractivity contribution is -0.121. The first-order valence-corrected chi connectivity index (χ1v) is 10.3. The highest BCUT2D eigenvalue weighted by Gasteiger charge is 2.31. The van der Waals surface area contributed by atoms with Crippen molar-refractivity contribution in [2.45, 2.75) is 38.6 Å². The molecule has 1 fully saturated rings. The van der Waals surface area contributed by atoms with Gasteiger partial charge in [0, 0.05) is 17.8 Å². The van der Waals surface area contributed by atoms with Gasteiger partial charge in [-0.15, -0.1) is 0 Å². The smallest absolute Gasteiger partial charge is 0.241 e. The highest BCUT2D eigenvalue weighted by molar-refractivity contribution is 5.95. The number of nitrogens with zero attached hydrogens (tertiary/aromatic N) is 3. The number of carbonyl (C=O) groups excluding carboxylic acids is 1. The van der Waals surface area contributed by atoms with Crippen LogP contribution in [0.15, 0.2) is 47.0 Å². The molecule has 1 amide bonds. The minimum Gasteiger partial charge on any atom is -0.339 e. The Morgan fingerprint density at radius 2 is 2.03 bits per heavy atom. The Hall–Kier alpha value is -3.13. The molecule has 1 aliphatic rings. The molecule has 0 radical (unpaired) electrons. The molecule has 31 heavy (non-hydrogen) atoms. The molecule has 2 atom stereocenters. The third-order valence-electron chi connectivity index (χ3n) is 5.71. The minimum atomic E-state index is -0.406. The first-order valence-electron chi connectivity index (χ1n) is 10.3. The summed E-state index contributed by atoms with van der Waals surface area (Å²) in [7, 11) is 0. The van der Waals surface area contributed by atoms with E-state index in [9.17, 15) is 13.6 Å². The number of halogens is 2. The van der Waals surface area contributed by atoms with Gasteiger partial charge >= 0.3 is 0 Å². The van der Waals surface area contributed by atoms with Crippen LogP contribution in [0.5, 0.6) is 0 Å². The lowest BCUT2D eigenvalue weighted by Gasteiger charge is -2.34. The standard InChI is InChI=1S/C23H24F2N4O2/c1-14-8-9-19(25)12-20(14)26-22(30)15(2)29-10-4-6-17(13-29)23-27-21(28-31-23)16-5-3-7-18(24)11-16/h3,5,7-9,11-12,15,17H,4,6,10,13H2,1-2H3,(H,26,30). The summed E-state index contributed by atoms with van der Waals surface area (Å²) in [5.41, 5.74) is 1.83. The highest BCUT2D eigenvalue weighted by Crippen LogP contribution is 2.29. The molecule has 2 heterocycles. The molecule has 0 bridgehead atoms. The first-order chi connectivity index (χ1) is 14.9. The van der Waals surface area contributed by atoms with Gasteiger partial charge in [-0.25, -0.2) is 8.78 Å².